The standard InChI is InChI=1S/C10H19FN2O2/c1-10(2,13-9(14)15)5-7-3-4-12-6-8(7)11/h7-8,12-13H,3-6H2,1-2H3,(H,14,15)/t7-,8-/m0/s1. The number of alkyl halides is 1. The zero-order valence-electron chi connectivity index (χ0n) is 9.22. The van der Waals surface area contributed by atoms with Gasteiger partial charge in [-0.3, -0.25) is 0 Å². The molecule has 0 radical (unpaired) electrons. The second-order valence-electron chi connectivity index (χ2n) is 4.79. The third kappa shape index (κ3) is 4.03. The first-order chi connectivity index (χ1) is 6.91. The van der Waals surface area contributed by atoms with Gasteiger partial charge in [-0.15, -0.1) is 0 Å². The lowest BCUT2D eigenvalue weighted by Gasteiger charge is -2.34. The van der Waals surface area contributed by atoms with Crippen molar-refractivity contribution < 1.29 is 14.3 Å². The number of rotatable bonds is 3. The van der Waals surface area contributed by atoms with Crippen LogP contribution in [-0.2, 0) is 0 Å². The second-order valence-corrected chi connectivity index (χ2v) is 4.79. The maximum atomic E-state index is 13.5. The molecule has 5 heteroatoms. The number of halogens is 1. The van der Waals surface area contributed by atoms with E-state index in [2.05, 4.69) is 10.6 Å². The van der Waals surface area contributed by atoms with Gasteiger partial charge in [-0.1, -0.05) is 0 Å². The third-order valence-electron chi connectivity index (χ3n) is 2.76. The topological polar surface area (TPSA) is 61.4 Å². The highest BCUT2D eigenvalue weighted by Crippen LogP contribution is 2.25. The summed E-state index contributed by atoms with van der Waals surface area (Å²) in [5.74, 6) is -0.0481. The molecule has 1 rings (SSSR count). The van der Waals surface area contributed by atoms with Gasteiger partial charge in [-0.25, -0.2) is 9.18 Å². The molecule has 3 N–H and O–H groups in total. The van der Waals surface area contributed by atoms with E-state index in [0.29, 0.717) is 13.0 Å². The molecule has 88 valence electrons. The molecular formula is C10H19FN2O2. The molecule has 0 aromatic carbocycles. The van der Waals surface area contributed by atoms with Crippen molar-refractivity contribution in [1.82, 2.24) is 10.6 Å². The summed E-state index contributed by atoms with van der Waals surface area (Å²) in [6.45, 7) is 4.77. The van der Waals surface area contributed by atoms with Gasteiger partial charge in [0.2, 0.25) is 0 Å². The summed E-state index contributed by atoms with van der Waals surface area (Å²) in [7, 11) is 0. The first kappa shape index (κ1) is 12.2. The molecule has 0 aromatic rings. The number of carboxylic acid groups (broad SMARTS) is 1. The lowest BCUT2D eigenvalue weighted by atomic mass is 9.84. The van der Waals surface area contributed by atoms with Crippen molar-refractivity contribution in [1.29, 1.82) is 0 Å². The van der Waals surface area contributed by atoms with E-state index in [-0.39, 0.29) is 5.92 Å². The summed E-state index contributed by atoms with van der Waals surface area (Å²) in [6.07, 6.45) is -0.605. The molecule has 2 atom stereocenters. The minimum atomic E-state index is -1.05. The van der Waals surface area contributed by atoms with Crippen molar-refractivity contribution in [2.75, 3.05) is 13.1 Å². The Hall–Kier alpha value is -0.840. The summed E-state index contributed by atoms with van der Waals surface area (Å²) < 4.78 is 13.5. The van der Waals surface area contributed by atoms with Crippen molar-refractivity contribution in [3.8, 4) is 0 Å². The summed E-state index contributed by atoms with van der Waals surface area (Å²) in [4.78, 5) is 10.5. The van der Waals surface area contributed by atoms with E-state index >= 15 is 0 Å². The van der Waals surface area contributed by atoms with Gasteiger partial charge < -0.3 is 15.7 Å². The molecule has 1 fully saturated rings. The zero-order valence-corrected chi connectivity index (χ0v) is 9.22. The first-order valence-electron chi connectivity index (χ1n) is 5.26. The van der Waals surface area contributed by atoms with Crippen LogP contribution in [0.25, 0.3) is 0 Å². The summed E-state index contributed by atoms with van der Waals surface area (Å²) in [5.41, 5.74) is -0.557. The van der Waals surface area contributed by atoms with Crippen molar-refractivity contribution in [3.05, 3.63) is 0 Å². The van der Waals surface area contributed by atoms with Gasteiger partial charge in [0.05, 0.1) is 0 Å². The number of amides is 1. The van der Waals surface area contributed by atoms with Gasteiger partial charge in [-0.05, 0) is 39.2 Å². The van der Waals surface area contributed by atoms with Gasteiger partial charge in [-0.2, -0.15) is 0 Å². The molecule has 0 spiro atoms. The fraction of sp³-hybridized carbons (Fsp3) is 0.900. The van der Waals surface area contributed by atoms with E-state index in [1.54, 1.807) is 13.8 Å². The Labute approximate surface area is 89.2 Å². The minimum Gasteiger partial charge on any atom is -0.465 e. The summed E-state index contributed by atoms with van der Waals surface area (Å²) in [6, 6.07) is 0. The smallest absolute Gasteiger partial charge is 0.405 e. The van der Waals surface area contributed by atoms with Crippen LogP contribution in [0.4, 0.5) is 9.18 Å². The highest BCUT2D eigenvalue weighted by Gasteiger charge is 2.31. The fourth-order valence-electron chi connectivity index (χ4n) is 2.10. The van der Waals surface area contributed by atoms with Gasteiger partial charge in [0.1, 0.15) is 6.17 Å². The Morgan fingerprint density at radius 1 is 1.67 bits per heavy atom. The SMILES string of the molecule is CC(C)(C[C@@H]1CCNC[C@@H]1F)NC(=O)O. The van der Waals surface area contributed by atoms with E-state index in [4.69, 9.17) is 5.11 Å². The summed E-state index contributed by atoms with van der Waals surface area (Å²) in [5, 5.41) is 14.0. The second kappa shape index (κ2) is 4.79. The maximum absolute atomic E-state index is 13.5. The molecule has 0 aliphatic carbocycles. The summed E-state index contributed by atoms with van der Waals surface area (Å²) >= 11 is 0. The normalized spacial score (nSPS) is 27.4. The number of hydrogen-bond donors (Lipinski definition) is 3. The van der Waals surface area contributed by atoms with Crippen LogP contribution in [0.2, 0.25) is 0 Å². The zero-order chi connectivity index (χ0) is 11.5. The Bertz CT molecular complexity index is 233. The predicted octanol–water partition coefficient (Wildman–Crippen LogP) is 1.37. The van der Waals surface area contributed by atoms with Crippen molar-refractivity contribution in [2.45, 2.75) is 38.4 Å². The third-order valence-corrected chi connectivity index (χ3v) is 2.76. The lowest BCUT2D eigenvalue weighted by molar-refractivity contribution is 0.133. The van der Waals surface area contributed by atoms with Crippen LogP contribution in [0.3, 0.4) is 0 Å². The number of hydrogen-bond acceptors (Lipinski definition) is 2. The number of nitrogens with one attached hydrogen (secondary N) is 2. The van der Waals surface area contributed by atoms with E-state index in [9.17, 15) is 9.18 Å². The number of carbonyl (C=O) groups is 1. The van der Waals surface area contributed by atoms with Crippen LogP contribution >= 0.6 is 0 Å². The van der Waals surface area contributed by atoms with E-state index in [1.165, 1.54) is 0 Å². The molecular weight excluding hydrogens is 199 g/mol. The van der Waals surface area contributed by atoms with Crippen molar-refractivity contribution >= 4 is 6.09 Å². The van der Waals surface area contributed by atoms with Crippen LogP contribution in [0.5, 0.6) is 0 Å². The molecule has 1 saturated heterocycles. The molecule has 1 aliphatic heterocycles. The molecule has 0 saturated carbocycles. The van der Waals surface area contributed by atoms with Crippen LogP contribution in [0.15, 0.2) is 0 Å². The number of piperidine rings is 1. The Morgan fingerprint density at radius 2 is 2.33 bits per heavy atom. The van der Waals surface area contributed by atoms with Gasteiger partial charge in [0.15, 0.2) is 0 Å². The van der Waals surface area contributed by atoms with E-state index < -0.39 is 17.8 Å². The van der Waals surface area contributed by atoms with Crippen molar-refractivity contribution in [3.63, 3.8) is 0 Å². The van der Waals surface area contributed by atoms with Crippen LogP contribution < -0.4 is 10.6 Å². The molecule has 1 aliphatic rings. The highest BCUT2D eigenvalue weighted by atomic mass is 19.1. The quantitative estimate of drug-likeness (QED) is 0.670. The molecule has 4 nitrogen and oxygen atoms in total. The molecule has 0 unspecified atom stereocenters. The average molecular weight is 218 g/mol. The fourth-order valence-corrected chi connectivity index (χ4v) is 2.10. The van der Waals surface area contributed by atoms with Crippen LogP contribution in [0.1, 0.15) is 26.7 Å². The maximum Gasteiger partial charge on any atom is 0.405 e. The van der Waals surface area contributed by atoms with Gasteiger partial charge >= 0.3 is 6.09 Å². The predicted molar refractivity (Wildman–Crippen MR) is 55.7 cm³/mol. The Balaban J connectivity index is 2.47. The molecule has 0 bridgehead atoms. The average Bonchev–Trinajstić information content (AvgIpc) is 2.06. The Morgan fingerprint density at radius 3 is 2.87 bits per heavy atom. The van der Waals surface area contributed by atoms with Crippen LogP contribution in [0, 0.1) is 5.92 Å². The molecule has 0 aromatic heterocycles. The molecule has 1 heterocycles. The minimum absolute atomic E-state index is 0.0481. The van der Waals surface area contributed by atoms with E-state index in [0.717, 1.165) is 13.0 Å². The molecule has 15 heavy (non-hydrogen) atoms. The largest absolute Gasteiger partial charge is 0.465 e. The molecule has 1 amide bonds. The lowest BCUT2D eigenvalue weighted by Crippen LogP contribution is -2.48. The van der Waals surface area contributed by atoms with Gasteiger partial charge in [0, 0.05) is 12.1 Å². The Kier molecular flexibility index (Phi) is 3.90. The van der Waals surface area contributed by atoms with Crippen molar-refractivity contribution in [2.24, 2.45) is 5.92 Å². The highest BCUT2D eigenvalue weighted by molar-refractivity contribution is 5.65. The first-order valence-corrected chi connectivity index (χ1v) is 5.26. The van der Waals surface area contributed by atoms with Gasteiger partial charge in [0.25, 0.3) is 0 Å². The van der Waals surface area contributed by atoms with Crippen LogP contribution in [-0.4, -0.2) is 36.0 Å². The monoisotopic (exact) mass is 218 g/mol. The van der Waals surface area contributed by atoms with E-state index in [1.807, 2.05) is 0 Å².